The van der Waals surface area contributed by atoms with E-state index in [4.69, 9.17) is 10.2 Å². The zero-order valence-corrected chi connectivity index (χ0v) is 19.3. The highest BCUT2D eigenvalue weighted by molar-refractivity contribution is 7.92. The predicted molar refractivity (Wildman–Crippen MR) is 125 cm³/mol. The molecule has 3 aromatic rings. The van der Waals surface area contributed by atoms with Crippen LogP contribution in [0, 0.1) is 6.92 Å². The third-order valence-corrected chi connectivity index (χ3v) is 6.83. The summed E-state index contributed by atoms with van der Waals surface area (Å²) in [5.74, 6) is 0.709. The molecule has 1 amide bonds. The largest absolute Gasteiger partial charge is 0.437 e. The molecule has 1 aromatic carbocycles. The number of anilines is 1. The van der Waals surface area contributed by atoms with Gasteiger partial charge in [0.1, 0.15) is 11.6 Å². The maximum Gasteiger partial charge on any atom is 0.255 e. The third kappa shape index (κ3) is 4.22. The number of rotatable bonds is 8. The first kappa shape index (κ1) is 22.3. The van der Waals surface area contributed by atoms with Crippen LogP contribution >= 0.6 is 0 Å². The molecule has 32 heavy (non-hydrogen) atoms. The molecule has 2 aromatic heterocycles. The molecule has 0 radical (unpaired) electrons. The highest BCUT2D eigenvalue weighted by Crippen LogP contribution is 2.46. The van der Waals surface area contributed by atoms with Crippen LogP contribution in [0.3, 0.4) is 0 Å². The van der Waals surface area contributed by atoms with Gasteiger partial charge in [-0.15, -0.1) is 0 Å². The second kappa shape index (κ2) is 8.55. The van der Waals surface area contributed by atoms with E-state index in [1.165, 1.54) is 10.6 Å². The highest BCUT2D eigenvalue weighted by atomic mass is 32.2. The minimum Gasteiger partial charge on any atom is -0.437 e. The Morgan fingerprint density at radius 1 is 1.28 bits per heavy atom. The van der Waals surface area contributed by atoms with Gasteiger partial charge in [-0.05, 0) is 50.3 Å². The van der Waals surface area contributed by atoms with Crippen LogP contribution in [-0.2, 0) is 10.0 Å². The third-order valence-electron chi connectivity index (χ3n) is 5.68. The lowest BCUT2D eigenvalue weighted by atomic mass is 10.0. The maximum absolute atomic E-state index is 12.8. The van der Waals surface area contributed by atoms with E-state index < -0.39 is 10.0 Å². The predicted octanol–water partition coefficient (Wildman–Crippen LogP) is 3.16. The van der Waals surface area contributed by atoms with Crippen molar-refractivity contribution < 1.29 is 17.6 Å². The van der Waals surface area contributed by atoms with Crippen LogP contribution < -0.4 is 15.4 Å². The normalized spacial score (nSPS) is 14.0. The van der Waals surface area contributed by atoms with E-state index in [0.717, 1.165) is 29.5 Å². The van der Waals surface area contributed by atoms with E-state index in [-0.39, 0.29) is 24.1 Å². The molecule has 1 aliphatic carbocycles. The summed E-state index contributed by atoms with van der Waals surface area (Å²) in [6.45, 7) is 2.59. The molecule has 4 rings (SSSR count). The Hall–Kier alpha value is -2.91. The molecule has 0 atom stereocenters. The zero-order chi connectivity index (χ0) is 23.0. The summed E-state index contributed by atoms with van der Waals surface area (Å²) in [6, 6.07) is 9.56. The number of carbonyl (C=O) groups is 1. The van der Waals surface area contributed by atoms with Crippen LogP contribution in [0.25, 0.3) is 22.4 Å². The summed E-state index contributed by atoms with van der Waals surface area (Å²) in [5.41, 5.74) is 8.94. The van der Waals surface area contributed by atoms with Crippen molar-refractivity contribution in [3.05, 3.63) is 47.0 Å². The van der Waals surface area contributed by atoms with E-state index in [1.54, 1.807) is 7.05 Å². The number of pyridine rings is 1. The van der Waals surface area contributed by atoms with Crippen LogP contribution in [0.15, 0.2) is 34.7 Å². The number of hydrogen-bond donors (Lipinski definition) is 2. The molecular formula is C23H28N4O4S. The van der Waals surface area contributed by atoms with Crippen molar-refractivity contribution in [3.8, 4) is 11.3 Å². The van der Waals surface area contributed by atoms with Crippen molar-refractivity contribution in [1.82, 2.24) is 10.3 Å². The number of hydrogen-bond acceptors (Lipinski definition) is 6. The van der Waals surface area contributed by atoms with E-state index in [9.17, 15) is 13.2 Å². The number of nitrogens with one attached hydrogen (secondary N) is 1. The number of fused-ring (bicyclic) bond motifs is 1. The number of sulfonamides is 1. The Labute approximate surface area is 187 Å². The molecule has 0 bridgehead atoms. The Morgan fingerprint density at radius 3 is 2.53 bits per heavy atom. The number of benzene rings is 1. The molecule has 9 heteroatoms. The minimum atomic E-state index is -3.57. The Kier molecular flexibility index (Phi) is 5.96. The summed E-state index contributed by atoms with van der Waals surface area (Å²) in [4.78, 5) is 17.5. The number of aryl methyl sites for hydroxylation is 1. The van der Waals surface area contributed by atoms with Crippen molar-refractivity contribution >= 4 is 32.8 Å². The van der Waals surface area contributed by atoms with Crippen LogP contribution in [0.1, 0.15) is 46.7 Å². The number of carbonyl (C=O) groups excluding carboxylic acids is 1. The SMILES string of the molecule is CNC(=O)c1c(-c2ccc(C)cc2)oc2nc(N(CCCN)S(C)(=O)=O)c(C3CC3)cc12. The first-order valence-corrected chi connectivity index (χ1v) is 12.5. The van der Waals surface area contributed by atoms with Crippen molar-refractivity contribution in [2.45, 2.75) is 32.1 Å². The van der Waals surface area contributed by atoms with Gasteiger partial charge in [-0.1, -0.05) is 29.8 Å². The molecule has 1 saturated carbocycles. The quantitative estimate of drug-likeness (QED) is 0.537. The van der Waals surface area contributed by atoms with Gasteiger partial charge in [-0.3, -0.25) is 9.10 Å². The zero-order valence-electron chi connectivity index (χ0n) is 18.5. The van der Waals surface area contributed by atoms with E-state index in [0.29, 0.717) is 35.5 Å². The Balaban J connectivity index is 1.97. The molecule has 1 fully saturated rings. The Bertz CT molecular complexity index is 1260. The monoisotopic (exact) mass is 456 g/mol. The summed E-state index contributed by atoms with van der Waals surface area (Å²) in [6.07, 6.45) is 3.58. The molecular weight excluding hydrogens is 428 g/mol. The molecule has 0 saturated heterocycles. The smallest absolute Gasteiger partial charge is 0.255 e. The Morgan fingerprint density at radius 2 is 1.97 bits per heavy atom. The molecule has 0 aliphatic heterocycles. The molecule has 1 aliphatic rings. The second-order valence-corrected chi connectivity index (χ2v) is 10.2. The fourth-order valence-electron chi connectivity index (χ4n) is 3.85. The molecule has 8 nitrogen and oxygen atoms in total. The lowest BCUT2D eigenvalue weighted by Gasteiger charge is -2.23. The molecule has 0 unspecified atom stereocenters. The number of nitrogens with two attached hydrogens (primary N) is 1. The fraction of sp³-hybridized carbons (Fsp3) is 0.391. The number of amides is 1. The van der Waals surface area contributed by atoms with Gasteiger partial charge in [0.25, 0.3) is 5.91 Å². The van der Waals surface area contributed by atoms with Gasteiger partial charge in [0, 0.05) is 19.2 Å². The van der Waals surface area contributed by atoms with Gasteiger partial charge in [0.15, 0.2) is 0 Å². The van der Waals surface area contributed by atoms with Crippen molar-refractivity contribution in [2.24, 2.45) is 5.73 Å². The number of nitrogens with zero attached hydrogens (tertiary/aromatic N) is 2. The van der Waals surface area contributed by atoms with Crippen LogP contribution in [0.4, 0.5) is 5.82 Å². The van der Waals surface area contributed by atoms with Crippen molar-refractivity contribution in [3.63, 3.8) is 0 Å². The maximum atomic E-state index is 12.8. The number of furan rings is 1. The summed E-state index contributed by atoms with van der Waals surface area (Å²) < 4.78 is 32.6. The molecule has 2 heterocycles. The molecule has 3 N–H and O–H groups in total. The lowest BCUT2D eigenvalue weighted by molar-refractivity contribution is 0.0964. The fourth-order valence-corrected chi connectivity index (χ4v) is 4.77. The van der Waals surface area contributed by atoms with Gasteiger partial charge >= 0.3 is 0 Å². The number of aromatic nitrogens is 1. The summed E-state index contributed by atoms with van der Waals surface area (Å²) >= 11 is 0. The van der Waals surface area contributed by atoms with Gasteiger partial charge in [0.05, 0.1) is 17.2 Å². The van der Waals surface area contributed by atoms with E-state index >= 15 is 0 Å². The average molecular weight is 457 g/mol. The first-order chi connectivity index (χ1) is 15.2. The van der Waals surface area contributed by atoms with Crippen LogP contribution in [0.5, 0.6) is 0 Å². The average Bonchev–Trinajstić information content (AvgIpc) is 3.53. The van der Waals surface area contributed by atoms with Crippen LogP contribution in [0.2, 0.25) is 0 Å². The van der Waals surface area contributed by atoms with Gasteiger partial charge in [-0.2, -0.15) is 4.98 Å². The van der Waals surface area contributed by atoms with Crippen molar-refractivity contribution in [1.29, 1.82) is 0 Å². The van der Waals surface area contributed by atoms with E-state index in [1.807, 2.05) is 37.3 Å². The first-order valence-electron chi connectivity index (χ1n) is 10.7. The second-order valence-electron chi connectivity index (χ2n) is 8.26. The van der Waals surface area contributed by atoms with Gasteiger partial charge in [-0.25, -0.2) is 8.42 Å². The lowest BCUT2D eigenvalue weighted by Crippen LogP contribution is -2.33. The highest BCUT2D eigenvalue weighted by Gasteiger charge is 2.34. The van der Waals surface area contributed by atoms with Gasteiger partial charge in [0.2, 0.25) is 15.7 Å². The van der Waals surface area contributed by atoms with E-state index in [2.05, 4.69) is 10.3 Å². The minimum absolute atomic E-state index is 0.208. The van der Waals surface area contributed by atoms with Crippen molar-refractivity contribution in [2.75, 3.05) is 30.7 Å². The topological polar surface area (TPSA) is 119 Å². The standard InChI is InChI=1S/C23H28N4O4S/c1-14-5-7-16(8-6-14)20-19(22(28)25-2)18-13-17(15-9-10-15)21(26-23(18)31-20)27(12-4-11-24)32(3,29)30/h5-8,13,15H,4,9-12,24H2,1-3H3,(H,25,28). The van der Waals surface area contributed by atoms with Gasteiger partial charge < -0.3 is 15.5 Å². The molecule has 170 valence electrons. The molecule has 0 spiro atoms. The van der Waals surface area contributed by atoms with Crippen LogP contribution in [-0.4, -0.2) is 45.7 Å². The summed E-state index contributed by atoms with van der Waals surface area (Å²) in [5, 5.41) is 3.27. The summed E-state index contributed by atoms with van der Waals surface area (Å²) in [7, 11) is -2.00.